The van der Waals surface area contributed by atoms with Crippen LogP contribution in [0.1, 0.15) is 18.3 Å². The minimum atomic E-state index is -0.822. The molecule has 1 N–H and O–H groups in total. The number of aryl methyl sites for hydroxylation is 1. The van der Waals surface area contributed by atoms with Crippen molar-refractivity contribution in [1.29, 1.82) is 0 Å². The van der Waals surface area contributed by atoms with E-state index in [9.17, 15) is 4.79 Å². The molecule has 6 nitrogen and oxygen atoms in total. The summed E-state index contributed by atoms with van der Waals surface area (Å²) in [6.07, 6.45) is 3.61. The Bertz CT molecular complexity index is 622. The molecule has 1 heterocycles. The number of carbonyl (C=O) groups is 1. The molecular weight excluding hydrogens is 282 g/mol. The minimum absolute atomic E-state index is 0.415. The molecule has 2 aromatic rings. The monoisotopic (exact) mass is 303 g/mol. The van der Waals surface area contributed by atoms with Crippen molar-refractivity contribution in [3.63, 3.8) is 0 Å². The average Bonchev–Trinajstić information content (AvgIpc) is 2.91. The van der Waals surface area contributed by atoms with Crippen LogP contribution < -0.4 is 4.74 Å². The van der Waals surface area contributed by atoms with Crippen molar-refractivity contribution in [2.45, 2.75) is 26.1 Å². The van der Waals surface area contributed by atoms with E-state index >= 15 is 0 Å². The molecule has 22 heavy (non-hydrogen) atoms. The van der Waals surface area contributed by atoms with E-state index in [1.165, 1.54) is 0 Å². The fourth-order valence-corrected chi connectivity index (χ4v) is 1.99. The molecule has 0 saturated heterocycles. The zero-order valence-corrected chi connectivity index (χ0v) is 13.1. The van der Waals surface area contributed by atoms with Crippen LogP contribution in [0.25, 0.3) is 0 Å². The number of carboxylic acids is 1. The molecule has 1 unspecified atom stereocenters. The summed E-state index contributed by atoms with van der Waals surface area (Å²) in [5.74, 6) is 0.803. The first-order valence-electron chi connectivity index (χ1n) is 7.08. The first-order valence-corrected chi connectivity index (χ1v) is 7.08. The van der Waals surface area contributed by atoms with E-state index < -0.39 is 12.0 Å². The van der Waals surface area contributed by atoms with Gasteiger partial charge in [-0.3, -0.25) is 9.69 Å². The second-order valence-electron chi connectivity index (χ2n) is 5.32. The van der Waals surface area contributed by atoms with Gasteiger partial charge in [0.05, 0.1) is 0 Å². The fourth-order valence-electron chi connectivity index (χ4n) is 1.99. The zero-order chi connectivity index (χ0) is 16.1. The SMILES string of the molecule is CC(C(=O)O)N(C)Cc1ccc(OCc2nccn2C)cc1. The van der Waals surface area contributed by atoms with Gasteiger partial charge >= 0.3 is 5.97 Å². The molecule has 0 radical (unpaired) electrons. The van der Waals surface area contributed by atoms with Gasteiger partial charge in [-0.25, -0.2) is 4.98 Å². The molecule has 0 aliphatic heterocycles. The molecule has 6 heteroatoms. The predicted octanol–water partition coefficient (Wildman–Crippen LogP) is 1.90. The minimum Gasteiger partial charge on any atom is -0.486 e. The standard InChI is InChI=1S/C16H21N3O3/c1-12(16(20)21)19(3)10-13-4-6-14(7-5-13)22-11-15-17-8-9-18(15)2/h4-9,12H,10-11H2,1-3H3,(H,20,21). The van der Waals surface area contributed by atoms with E-state index in [1.807, 2.05) is 42.1 Å². The lowest BCUT2D eigenvalue weighted by molar-refractivity contribution is -0.142. The number of carboxylic acid groups (broad SMARTS) is 1. The highest BCUT2D eigenvalue weighted by Crippen LogP contribution is 2.15. The molecular formula is C16H21N3O3. The number of likely N-dealkylation sites (N-methyl/N-ethyl adjacent to an activating group) is 1. The lowest BCUT2D eigenvalue weighted by atomic mass is 10.2. The molecule has 0 aliphatic rings. The Morgan fingerprint density at radius 2 is 2.09 bits per heavy atom. The Kier molecular flexibility index (Phi) is 5.16. The molecule has 0 amide bonds. The highest BCUT2D eigenvalue weighted by atomic mass is 16.5. The first-order chi connectivity index (χ1) is 10.5. The molecule has 0 aliphatic carbocycles. The third-order valence-electron chi connectivity index (χ3n) is 3.66. The summed E-state index contributed by atoms with van der Waals surface area (Å²) in [5.41, 5.74) is 1.04. The smallest absolute Gasteiger partial charge is 0.320 e. The van der Waals surface area contributed by atoms with Gasteiger partial charge in [0.15, 0.2) is 0 Å². The molecule has 2 rings (SSSR count). The van der Waals surface area contributed by atoms with E-state index in [0.29, 0.717) is 13.2 Å². The maximum Gasteiger partial charge on any atom is 0.320 e. The maximum absolute atomic E-state index is 10.9. The number of aromatic nitrogens is 2. The Labute approximate surface area is 130 Å². The second-order valence-corrected chi connectivity index (χ2v) is 5.32. The van der Waals surface area contributed by atoms with Crippen LogP contribution in [0.3, 0.4) is 0 Å². The van der Waals surface area contributed by atoms with Crippen LogP contribution in [0.5, 0.6) is 5.75 Å². The molecule has 118 valence electrons. The van der Waals surface area contributed by atoms with E-state index in [4.69, 9.17) is 9.84 Å². The molecule has 1 aromatic heterocycles. The summed E-state index contributed by atoms with van der Waals surface area (Å²) in [6, 6.07) is 7.14. The van der Waals surface area contributed by atoms with E-state index in [1.54, 1.807) is 25.1 Å². The molecule has 1 aromatic carbocycles. The van der Waals surface area contributed by atoms with Crippen LogP contribution >= 0.6 is 0 Å². The summed E-state index contributed by atoms with van der Waals surface area (Å²) in [7, 11) is 3.72. The van der Waals surface area contributed by atoms with Crippen molar-refractivity contribution in [3.8, 4) is 5.75 Å². The van der Waals surface area contributed by atoms with Crippen molar-refractivity contribution < 1.29 is 14.6 Å². The molecule has 0 saturated carbocycles. The number of hydrogen-bond acceptors (Lipinski definition) is 4. The number of ether oxygens (including phenoxy) is 1. The second kappa shape index (κ2) is 7.09. The normalized spacial score (nSPS) is 12.4. The van der Waals surface area contributed by atoms with Crippen LogP contribution in [-0.4, -0.2) is 38.6 Å². The number of benzene rings is 1. The van der Waals surface area contributed by atoms with Gasteiger partial charge in [-0.1, -0.05) is 12.1 Å². The Hall–Kier alpha value is -2.34. The van der Waals surface area contributed by atoms with Gasteiger partial charge in [-0.05, 0) is 31.7 Å². The van der Waals surface area contributed by atoms with Gasteiger partial charge < -0.3 is 14.4 Å². The molecule has 1 atom stereocenters. The highest BCUT2D eigenvalue weighted by molar-refractivity contribution is 5.72. The predicted molar refractivity (Wildman–Crippen MR) is 82.5 cm³/mol. The van der Waals surface area contributed by atoms with Gasteiger partial charge in [0, 0.05) is 26.0 Å². The highest BCUT2D eigenvalue weighted by Gasteiger charge is 2.16. The summed E-state index contributed by atoms with van der Waals surface area (Å²) in [4.78, 5) is 16.9. The van der Waals surface area contributed by atoms with Gasteiger partial charge in [-0.2, -0.15) is 0 Å². The molecule has 0 spiro atoms. The van der Waals surface area contributed by atoms with Crippen LogP contribution in [0.2, 0.25) is 0 Å². The lowest BCUT2D eigenvalue weighted by Gasteiger charge is -2.21. The van der Waals surface area contributed by atoms with Gasteiger partial charge in [-0.15, -0.1) is 0 Å². The maximum atomic E-state index is 10.9. The average molecular weight is 303 g/mol. The largest absolute Gasteiger partial charge is 0.486 e. The van der Waals surface area contributed by atoms with Crippen LogP contribution in [-0.2, 0) is 25.0 Å². The number of hydrogen-bond donors (Lipinski definition) is 1. The van der Waals surface area contributed by atoms with Gasteiger partial charge in [0.25, 0.3) is 0 Å². The lowest BCUT2D eigenvalue weighted by Crippen LogP contribution is -2.35. The fraction of sp³-hybridized carbons (Fsp3) is 0.375. The van der Waals surface area contributed by atoms with E-state index in [-0.39, 0.29) is 0 Å². The van der Waals surface area contributed by atoms with E-state index in [2.05, 4.69) is 4.98 Å². The molecule has 0 fully saturated rings. The Balaban J connectivity index is 1.90. The number of rotatable bonds is 7. The third kappa shape index (κ3) is 4.08. The summed E-state index contributed by atoms with van der Waals surface area (Å²) >= 11 is 0. The Morgan fingerprint density at radius 1 is 1.41 bits per heavy atom. The quantitative estimate of drug-likeness (QED) is 0.846. The number of nitrogens with zero attached hydrogens (tertiary/aromatic N) is 3. The van der Waals surface area contributed by atoms with Crippen LogP contribution in [0.4, 0.5) is 0 Å². The number of aliphatic carboxylic acids is 1. The van der Waals surface area contributed by atoms with Crippen molar-refractivity contribution in [3.05, 3.63) is 48.0 Å². The first kappa shape index (κ1) is 16.0. The summed E-state index contributed by atoms with van der Waals surface area (Å²) in [6.45, 7) is 2.67. The third-order valence-corrected chi connectivity index (χ3v) is 3.66. The number of imidazole rings is 1. The summed E-state index contributed by atoms with van der Waals surface area (Å²) < 4.78 is 7.60. The van der Waals surface area contributed by atoms with Crippen molar-refractivity contribution in [2.24, 2.45) is 7.05 Å². The van der Waals surface area contributed by atoms with Crippen LogP contribution in [0, 0.1) is 0 Å². The topological polar surface area (TPSA) is 67.6 Å². The van der Waals surface area contributed by atoms with Crippen LogP contribution in [0.15, 0.2) is 36.7 Å². The summed E-state index contributed by atoms with van der Waals surface area (Å²) in [5, 5.41) is 8.99. The van der Waals surface area contributed by atoms with Gasteiger partial charge in [0.1, 0.15) is 24.2 Å². The van der Waals surface area contributed by atoms with Gasteiger partial charge in [0.2, 0.25) is 0 Å². The van der Waals surface area contributed by atoms with Crippen molar-refractivity contribution in [2.75, 3.05) is 7.05 Å². The van der Waals surface area contributed by atoms with Crippen molar-refractivity contribution in [1.82, 2.24) is 14.5 Å². The van der Waals surface area contributed by atoms with E-state index in [0.717, 1.165) is 17.1 Å². The zero-order valence-electron chi connectivity index (χ0n) is 13.1. The van der Waals surface area contributed by atoms with Crippen molar-refractivity contribution >= 4 is 5.97 Å². The molecule has 0 bridgehead atoms. The Morgan fingerprint density at radius 3 is 2.64 bits per heavy atom.